The SMILES string of the molecule is COc1ccc(F)c(-c2cc3cc(-c4ccc(N)cc4C)ccc3[nH]2)c1F. The molecule has 0 unspecified atom stereocenters. The fourth-order valence-electron chi connectivity index (χ4n) is 3.38. The van der Waals surface area contributed by atoms with E-state index in [0.29, 0.717) is 11.4 Å². The van der Waals surface area contributed by atoms with E-state index in [9.17, 15) is 8.78 Å². The van der Waals surface area contributed by atoms with Gasteiger partial charge in [-0.2, -0.15) is 0 Å². The summed E-state index contributed by atoms with van der Waals surface area (Å²) >= 11 is 0. The van der Waals surface area contributed by atoms with Crippen LogP contribution in [0, 0.1) is 18.6 Å². The molecule has 1 aromatic heterocycles. The molecule has 0 saturated heterocycles. The number of nitrogens with two attached hydrogens (primary N) is 1. The van der Waals surface area contributed by atoms with Crippen molar-refractivity contribution in [3.05, 3.63) is 71.8 Å². The number of aromatic amines is 1. The van der Waals surface area contributed by atoms with Gasteiger partial charge in [0.1, 0.15) is 5.82 Å². The van der Waals surface area contributed by atoms with Crippen LogP contribution >= 0.6 is 0 Å². The number of H-pyrrole nitrogens is 1. The van der Waals surface area contributed by atoms with Gasteiger partial charge in [0.05, 0.1) is 18.4 Å². The van der Waals surface area contributed by atoms with Gasteiger partial charge in [0.15, 0.2) is 11.6 Å². The number of fused-ring (bicyclic) bond motifs is 1. The van der Waals surface area contributed by atoms with Crippen LogP contribution in [0.1, 0.15) is 5.56 Å². The first-order valence-electron chi connectivity index (χ1n) is 8.49. The normalized spacial score (nSPS) is 11.1. The lowest BCUT2D eigenvalue weighted by Gasteiger charge is -2.07. The Morgan fingerprint density at radius 1 is 0.963 bits per heavy atom. The van der Waals surface area contributed by atoms with Crippen molar-refractivity contribution in [3.63, 3.8) is 0 Å². The van der Waals surface area contributed by atoms with Crippen molar-refractivity contribution in [3.8, 4) is 28.1 Å². The van der Waals surface area contributed by atoms with E-state index >= 15 is 0 Å². The maximum atomic E-state index is 14.6. The molecule has 3 N–H and O–H groups in total. The van der Waals surface area contributed by atoms with E-state index in [-0.39, 0.29) is 11.3 Å². The molecule has 1 heterocycles. The molecular formula is C22H18F2N2O. The number of aromatic nitrogens is 1. The van der Waals surface area contributed by atoms with E-state index in [1.807, 2.05) is 43.3 Å². The van der Waals surface area contributed by atoms with Crippen molar-refractivity contribution in [1.82, 2.24) is 4.98 Å². The van der Waals surface area contributed by atoms with E-state index in [2.05, 4.69) is 4.98 Å². The van der Waals surface area contributed by atoms with Crippen LogP contribution in [0.2, 0.25) is 0 Å². The second kappa shape index (κ2) is 6.43. The maximum Gasteiger partial charge on any atom is 0.177 e. The first kappa shape index (κ1) is 17.1. The minimum atomic E-state index is -0.723. The molecule has 0 spiro atoms. The molecule has 0 aliphatic heterocycles. The number of benzene rings is 3. The Morgan fingerprint density at radius 2 is 1.78 bits per heavy atom. The molecule has 3 aromatic carbocycles. The zero-order chi connectivity index (χ0) is 19.1. The standard InChI is InChI=1S/C22H18F2N2O/c1-12-9-15(25)4-5-16(12)13-3-7-18-14(10-13)11-19(26-18)21-17(23)6-8-20(27-2)22(21)24/h3-11,26H,25H2,1-2H3. The van der Waals surface area contributed by atoms with E-state index in [4.69, 9.17) is 10.5 Å². The van der Waals surface area contributed by atoms with Gasteiger partial charge >= 0.3 is 0 Å². The van der Waals surface area contributed by atoms with Gasteiger partial charge in [-0.15, -0.1) is 0 Å². The monoisotopic (exact) mass is 364 g/mol. The average Bonchev–Trinajstić information content (AvgIpc) is 3.04. The molecule has 0 amide bonds. The molecule has 27 heavy (non-hydrogen) atoms. The smallest absolute Gasteiger partial charge is 0.177 e. The second-order valence-electron chi connectivity index (χ2n) is 6.50. The number of aryl methyl sites for hydroxylation is 1. The molecule has 0 saturated carbocycles. The van der Waals surface area contributed by atoms with Gasteiger partial charge in [0.25, 0.3) is 0 Å². The van der Waals surface area contributed by atoms with Crippen molar-refractivity contribution in [2.75, 3.05) is 12.8 Å². The van der Waals surface area contributed by atoms with Crippen LogP contribution in [0.5, 0.6) is 5.75 Å². The van der Waals surface area contributed by atoms with Crippen LogP contribution in [0.3, 0.4) is 0 Å². The number of anilines is 1. The molecule has 0 atom stereocenters. The van der Waals surface area contributed by atoms with Crippen LogP contribution in [0.4, 0.5) is 14.5 Å². The third-order valence-electron chi connectivity index (χ3n) is 4.73. The number of ether oxygens (including phenoxy) is 1. The number of hydrogen-bond donors (Lipinski definition) is 2. The first-order valence-corrected chi connectivity index (χ1v) is 8.49. The zero-order valence-electron chi connectivity index (χ0n) is 14.9. The molecule has 3 nitrogen and oxygen atoms in total. The Morgan fingerprint density at radius 3 is 2.52 bits per heavy atom. The van der Waals surface area contributed by atoms with E-state index in [1.54, 1.807) is 6.07 Å². The molecule has 0 aliphatic rings. The van der Waals surface area contributed by atoms with Gasteiger partial charge in [-0.3, -0.25) is 0 Å². The van der Waals surface area contributed by atoms with E-state index in [1.165, 1.54) is 19.2 Å². The summed E-state index contributed by atoms with van der Waals surface area (Å²) in [6, 6.07) is 15.8. The van der Waals surface area contributed by atoms with Crippen LogP contribution < -0.4 is 10.5 Å². The van der Waals surface area contributed by atoms with Crippen molar-refractivity contribution >= 4 is 16.6 Å². The predicted octanol–water partition coefficient (Wildman–Crippen LogP) is 5.68. The van der Waals surface area contributed by atoms with Gasteiger partial charge in [0, 0.05) is 16.6 Å². The van der Waals surface area contributed by atoms with Crippen LogP contribution in [0.15, 0.2) is 54.6 Å². The first-order chi connectivity index (χ1) is 13.0. The Hall–Kier alpha value is -3.34. The molecule has 0 radical (unpaired) electrons. The summed E-state index contributed by atoms with van der Waals surface area (Å²) in [7, 11) is 1.35. The third-order valence-corrected chi connectivity index (χ3v) is 4.73. The summed E-state index contributed by atoms with van der Waals surface area (Å²) in [6.45, 7) is 2.00. The molecule has 5 heteroatoms. The molecule has 136 valence electrons. The molecular weight excluding hydrogens is 346 g/mol. The highest BCUT2D eigenvalue weighted by molar-refractivity contribution is 5.90. The summed E-state index contributed by atoms with van der Waals surface area (Å²) in [6.07, 6.45) is 0. The number of halogens is 2. The molecule has 0 fully saturated rings. The van der Waals surface area contributed by atoms with Crippen molar-refractivity contribution in [2.45, 2.75) is 6.92 Å². The van der Waals surface area contributed by atoms with Crippen LogP contribution in [-0.2, 0) is 0 Å². The lowest BCUT2D eigenvalue weighted by molar-refractivity contribution is 0.385. The predicted molar refractivity (Wildman–Crippen MR) is 105 cm³/mol. The topological polar surface area (TPSA) is 51.0 Å². The van der Waals surface area contributed by atoms with E-state index < -0.39 is 11.6 Å². The Balaban J connectivity index is 1.85. The lowest BCUT2D eigenvalue weighted by Crippen LogP contribution is -1.95. The molecule has 0 aliphatic carbocycles. The summed E-state index contributed by atoms with van der Waals surface area (Å²) < 4.78 is 33.8. The summed E-state index contributed by atoms with van der Waals surface area (Å²) in [4.78, 5) is 3.09. The largest absolute Gasteiger partial charge is 0.494 e. The van der Waals surface area contributed by atoms with Crippen LogP contribution in [-0.4, -0.2) is 12.1 Å². The number of nitrogen functional groups attached to an aromatic ring is 1. The minimum absolute atomic E-state index is 0.00300. The highest BCUT2D eigenvalue weighted by Crippen LogP contribution is 2.35. The van der Waals surface area contributed by atoms with Crippen molar-refractivity contribution in [1.29, 1.82) is 0 Å². The molecule has 4 aromatic rings. The fraction of sp³-hybridized carbons (Fsp3) is 0.0909. The third kappa shape index (κ3) is 2.91. The number of hydrogen-bond acceptors (Lipinski definition) is 2. The fourth-order valence-corrected chi connectivity index (χ4v) is 3.38. The highest BCUT2D eigenvalue weighted by Gasteiger charge is 2.18. The second-order valence-corrected chi connectivity index (χ2v) is 6.50. The summed E-state index contributed by atoms with van der Waals surface area (Å²) in [5, 5.41) is 0.861. The highest BCUT2D eigenvalue weighted by atomic mass is 19.1. The summed E-state index contributed by atoms with van der Waals surface area (Å²) in [5.41, 5.74) is 10.7. The average molecular weight is 364 g/mol. The van der Waals surface area contributed by atoms with E-state index in [0.717, 1.165) is 27.6 Å². The summed E-state index contributed by atoms with van der Waals surface area (Å²) in [5.74, 6) is -1.36. The molecule has 4 rings (SSSR count). The van der Waals surface area contributed by atoms with Gasteiger partial charge in [-0.05, 0) is 66.1 Å². The number of nitrogens with one attached hydrogen (secondary N) is 1. The Labute approximate surface area is 155 Å². The van der Waals surface area contributed by atoms with Crippen molar-refractivity contribution in [2.24, 2.45) is 0 Å². The lowest BCUT2D eigenvalue weighted by atomic mass is 9.99. The number of methoxy groups -OCH3 is 1. The van der Waals surface area contributed by atoms with Crippen molar-refractivity contribution < 1.29 is 13.5 Å². The van der Waals surface area contributed by atoms with Gasteiger partial charge in [-0.1, -0.05) is 12.1 Å². The Kier molecular flexibility index (Phi) is 4.07. The quantitative estimate of drug-likeness (QED) is 0.460. The van der Waals surface area contributed by atoms with Crippen LogP contribution in [0.25, 0.3) is 33.3 Å². The van der Waals surface area contributed by atoms with Gasteiger partial charge in [-0.25, -0.2) is 8.78 Å². The molecule has 0 bridgehead atoms. The minimum Gasteiger partial charge on any atom is -0.494 e. The maximum absolute atomic E-state index is 14.6. The zero-order valence-corrected chi connectivity index (χ0v) is 14.9. The van der Waals surface area contributed by atoms with Gasteiger partial charge < -0.3 is 15.5 Å². The Bertz CT molecular complexity index is 1160. The number of rotatable bonds is 3. The van der Waals surface area contributed by atoms with Gasteiger partial charge in [0.2, 0.25) is 0 Å².